The van der Waals surface area contributed by atoms with Crippen LogP contribution in [0, 0.1) is 19.8 Å². The zero-order valence-electron chi connectivity index (χ0n) is 20.8. The molecule has 5 rings (SSSR count). The van der Waals surface area contributed by atoms with E-state index >= 15 is 0 Å². The summed E-state index contributed by atoms with van der Waals surface area (Å²) in [5.74, 6) is 0.420. The van der Waals surface area contributed by atoms with Crippen molar-refractivity contribution in [1.82, 2.24) is 20.2 Å². The lowest BCUT2D eigenvalue weighted by molar-refractivity contribution is -0.0204. The first-order valence-corrected chi connectivity index (χ1v) is 13.6. The minimum atomic E-state index is -0.149. The summed E-state index contributed by atoms with van der Waals surface area (Å²) in [6.07, 6.45) is 4.22. The number of rotatable bonds is 8. The smallest absolute Gasteiger partial charge is 0.254 e. The van der Waals surface area contributed by atoms with Gasteiger partial charge >= 0.3 is 0 Å². The van der Waals surface area contributed by atoms with Crippen LogP contribution in [0.4, 0.5) is 0 Å². The minimum Gasteiger partial charge on any atom is -0.378 e. The molecule has 0 bridgehead atoms. The Labute approximate surface area is 210 Å². The maximum Gasteiger partial charge on any atom is 0.254 e. The molecule has 1 unspecified atom stereocenters. The van der Waals surface area contributed by atoms with Gasteiger partial charge in [0.1, 0.15) is 0 Å². The van der Waals surface area contributed by atoms with Crippen LogP contribution in [0.3, 0.4) is 0 Å². The van der Waals surface area contributed by atoms with Crippen molar-refractivity contribution >= 4 is 28.6 Å². The van der Waals surface area contributed by atoms with Gasteiger partial charge in [-0.3, -0.25) is 9.59 Å². The lowest BCUT2D eigenvalue weighted by Gasteiger charge is -2.43. The van der Waals surface area contributed by atoms with Gasteiger partial charge in [0.25, 0.3) is 11.5 Å². The lowest BCUT2D eigenvalue weighted by Crippen LogP contribution is -2.55. The van der Waals surface area contributed by atoms with E-state index in [0.717, 1.165) is 53.2 Å². The van der Waals surface area contributed by atoms with Crippen molar-refractivity contribution in [2.24, 2.45) is 5.92 Å². The number of para-hydroxylation sites is 1. The van der Waals surface area contributed by atoms with E-state index < -0.39 is 0 Å². The Kier molecular flexibility index (Phi) is 6.79. The molecule has 1 aliphatic heterocycles. The van der Waals surface area contributed by atoms with Crippen molar-refractivity contribution in [2.75, 3.05) is 19.5 Å². The zero-order valence-corrected chi connectivity index (χ0v) is 21.6. The van der Waals surface area contributed by atoms with E-state index in [1.165, 1.54) is 11.8 Å². The molecule has 8 heteroatoms. The van der Waals surface area contributed by atoms with Crippen LogP contribution in [-0.2, 0) is 11.3 Å². The number of pyridine rings is 1. The highest BCUT2D eigenvalue weighted by atomic mass is 32.2. The van der Waals surface area contributed by atoms with Gasteiger partial charge in [0.05, 0.1) is 24.8 Å². The number of aromatic nitrogens is 2. The normalized spacial score (nSPS) is 20.9. The van der Waals surface area contributed by atoms with Crippen molar-refractivity contribution in [1.29, 1.82) is 0 Å². The van der Waals surface area contributed by atoms with Gasteiger partial charge in [-0.05, 0) is 57.9 Å². The first-order chi connectivity index (χ1) is 16.9. The number of amides is 1. The molecule has 3 heterocycles. The van der Waals surface area contributed by atoms with Crippen molar-refractivity contribution in [3.63, 3.8) is 0 Å². The third-order valence-electron chi connectivity index (χ3n) is 7.63. The Morgan fingerprint density at radius 2 is 1.97 bits per heavy atom. The molecule has 2 aromatic heterocycles. The summed E-state index contributed by atoms with van der Waals surface area (Å²) in [4.78, 5) is 29.7. The average molecular weight is 495 g/mol. The molecule has 3 aromatic rings. The second-order valence-electron chi connectivity index (χ2n) is 9.93. The maximum atomic E-state index is 13.5. The molecule has 7 nitrogen and oxygen atoms in total. The number of carbonyl (C=O) groups is 1. The van der Waals surface area contributed by atoms with Gasteiger partial charge in [-0.25, -0.2) is 0 Å². The van der Waals surface area contributed by atoms with Crippen molar-refractivity contribution in [3.05, 3.63) is 63.2 Å². The summed E-state index contributed by atoms with van der Waals surface area (Å²) >= 11 is 1.52. The van der Waals surface area contributed by atoms with Gasteiger partial charge in [0.2, 0.25) is 0 Å². The Bertz CT molecular complexity index is 1300. The highest BCUT2D eigenvalue weighted by molar-refractivity contribution is 7.98. The van der Waals surface area contributed by atoms with E-state index in [-0.39, 0.29) is 18.0 Å². The number of ether oxygens (including phenoxy) is 1. The largest absolute Gasteiger partial charge is 0.378 e. The number of carbonyl (C=O) groups excluding carboxylic acids is 1. The molecule has 1 atom stereocenters. The fraction of sp³-hybridized carbons (Fsp3) is 0.481. The van der Waals surface area contributed by atoms with Crippen LogP contribution in [-0.4, -0.2) is 47.0 Å². The molecule has 35 heavy (non-hydrogen) atoms. The summed E-state index contributed by atoms with van der Waals surface area (Å²) in [6, 6.07) is 11.4. The molecular weight excluding hydrogens is 460 g/mol. The van der Waals surface area contributed by atoms with Crippen LogP contribution in [0.2, 0.25) is 0 Å². The second kappa shape index (κ2) is 9.84. The molecule has 1 saturated heterocycles. The van der Waals surface area contributed by atoms with E-state index in [4.69, 9.17) is 4.74 Å². The third-order valence-corrected chi connectivity index (χ3v) is 8.44. The van der Waals surface area contributed by atoms with E-state index in [2.05, 4.69) is 33.2 Å². The molecule has 0 spiro atoms. The highest BCUT2D eigenvalue weighted by Crippen LogP contribution is 2.40. The van der Waals surface area contributed by atoms with Gasteiger partial charge in [-0.2, -0.15) is 0 Å². The molecule has 2 fully saturated rings. The number of hydrogen-bond acceptors (Lipinski definition) is 5. The number of hydrogen-bond donors (Lipinski definition) is 3. The van der Waals surface area contributed by atoms with E-state index in [9.17, 15) is 9.59 Å². The summed E-state index contributed by atoms with van der Waals surface area (Å²) in [5.41, 5.74) is 4.02. The third kappa shape index (κ3) is 4.55. The minimum absolute atomic E-state index is 0.144. The molecule has 1 saturated carbocycles. The molecule has 0 radical (unpaired) electrons. The number of fused-ring (bicyclic) bond motifs is 1. The summed E-state index contributed by atoms with van der Waals surface area (Å²) in [7, 11) is 0. The molecule has 1 amide bonds. The Morgan fingerprint density at radius 3 is 2.66 bits per heavy atom. The summed E-state index contributed by atoms with van der Waals surface area (Å²) in [5, 5.41) is 7.67. The Morgan fingerprint density at radius 1 is 1.23 bits per heavy atom. The number of aromatic amines is 1. The SMILES string of the molecule is CSc1cc(C)[nH]c(=O)c1CNC(=O)c1c(C)n(C(C)C2CC(NC3COC3)C2)c2ccccc12. The van der Waals surface area contributed by atoms with Gasteiger partial charge in [-0.15, -0.1) is 11.8 Å². The molecule has 186 valence electrons. The molecule has 1 aromatic carbocycles. The molecule has 1 aliphatic carbocycles. The molecular formula is C27H34N4O3S. The zero-order chi connectivity index (χ0) is 24.7. The number of nitrogens with zero attached hydrogens (tertiary/aromatic N) is 1. The standard InChI is InChI=1S/C27H34N4O3S/c1-15-9-24(35-4)22(26(32)29-15)12-28-27(33)25-17(3)31(23-8-6-5-7-21(23)25)16(2)18-10-19(11-18)30-20-13-34-14-20/h5-9,16,18-20,30H,10-14H2,1-4H3,(H,28,33)(H,29,32). The van der Waals surface area contributed by atoms with Crippen LogP contribution in [0.25, 0.3) is 10.9 Å². The Hall–Kier alpha value is -2.55. The van der Waals surface area contributed by atoms with Gasteiger partial charge in [0, 0.05) is 51.4 Å². The predicted octanol–water partition coefficient (Wildman–Crippen LogP) is 3.93. The van der Waals surface area contributed by atoms with Crippen LogP contribution in [0.15, 0.2) is 40.0 Å². The first kappa shape index (κ1) is 24.2. The Balaban J connectivity index is 1.37. The van der Waals surface area contributed by atoms with Crippen molar-refractivity contribution in [3.8, 4) is 0 Å². The van der Waals surface area contributed by atoms with Crippen LogP contribution in [0.5, 0.6) is 0 Å². The van der Waals surface area contributed by atoms with Crippen LogP contribution in [0.1, 0.15) is 53.1 Å². The lowest BCUT2D eigenvalue weighted by atomic mass is 9.75. The number of aryl methyl sites for hydroxylation is 1. The average Bonchev–Trinajstić information content (AvgIpc) is 3.07. The van der Waals surface area contributed by atoms with E-state index in [1.807, 2.05) is 44.4 Å². The molecule has 3 N–H and O–H groups in total. The van der Waals surface area contributed by atoms with E-state index in [1.54, 1.807) is 0 Å². The van der Waals surface area contributed by atoms with Gasteiger partial charge < -0.3 is 24.9 Å². The van der Waals surface area contributed by atoms with Gasteiger partial charge in [-0.1, -0.05) is 18.2 Å². The second-order valence-corrected chi connectivity index (χ2v) is 10.8. The van der Waals surface area contributed by atoms with Crippen LogP contribution < -0.4 is 16.2 Å². The topological polar surface area (TPSA) is 88.2 Å². The number of thioether (sulfide) groups is 1. The van der Waals surface area contributed by atoms with E-state index in [0.29, 0.717) is 35.2 Å². The van der Waals surface area contributed by atoms with Crippen molar-refractivity contribution in [2.45, 2.75) is 63.2 Å². The van der Waals surface area contributed by atoms with Crippen molar-refractivity contribution < 1.29 is 9.53 Å². The summed E-state index contributed by atoms with van der Waals surface area (Å²) < 4.78 is 7.62. The van der Waals surface area contributed by atoms with Crippen LogP contribution >= 0.6 is 11.8 Å². The monoisotopic (exact) mass is 494 g/mol. The first-order valence-electron chi connectivity index (χ1n) is 12.4. The number of nitrogens with one attached hydrogen (secondary N) is 3. The summed E-state index contributed by atoms with van der Waals surface area (Å²) in [6.45, 7) is 8.01. The molecule has 2 aliphatic rings. The number of benzene rings is 1. The van der Waals surface area contributed by atoms with Gasteiger partial charge in [0.15, 0.2) is 0 Å². The quantitative estimate of drug-likeness (QED) is 0.413. The fourth-order valence-corrected chi connectivity index (χ4v) is 6.27. The highest BCUT2D eigenvalue weighted by Gasteiger charge is 2.37. The number of H-pyrrole nitrogens is 1. The predicted molar refractivity (Wildman–Crippen MR) is 140 cm³/mol. The fourth-order valence-electron chi connectivity index (χ4n) is 5.56. The maximum absolute atomic E-state index is 13.5.